The molecule has 4 nitrogen and oxygen atoms in total. The maximum atomic E-state index is 12.6. The smallest absolute Gasteiger partial charge is 0.223 e. The van der Waals surface area contributed by atoms with Gasteiger partial charge in [0.05, 0.1) is 12.1 Å². The highest BCUT2D eigenvalue weighted by molar-refractivity contribution is 5.80. The van der Waals surface area contributed by atoms with Gasteiger partial charge >= 0.3 is 0 Å². The molecule has 0 aromatic rings. The van der Waals surface area contributed by atoms with Gasteiger partial charge < -0.3 is 16.2 Å². The zero-order valence-electron chi connectivity index (χ0n) is 13.1. The zero-order valence-corrected chi connectivity index (χ0v) is 13.1. The first-order valence-electron chi connectivity index (χ1n) is 8.08. The molecule has 0 saturated heterocycles. The Morgan fingerprint density at radius 1 is 1.20 bits per heavy atom. The van der Waals surface area contributed by atoms with E-state index in [-0.39, 0.29) is 35.4 Å². The van der Waals surface area contributed by atoms with Crippen LogP contribution in [0.25, 0.3) is 0 Å². The largest absolute Gasteiger partial charge is 0.391 e. The van der Waals surface area contributed by atoms with Crippen molar-refractivity contribution in [1.29, 1.82) is 0 Å². The number of hydrogen-bond acceptors (Lipinski definition) is 3. The molecule has 0 heterocycles. The first-order chi connectivity index (χ1) is 9.34. The Morgan fingerprint density at radius 2 is 1.85 bits per heavy atom. The van der Waals surface area contributed by atoms with Gasteiger partial charge in [-0.15, -0.1) is 0 Å². The average Bonchev–Trinajstić information content (AvgIpc) is 2.38. The van der Waals surface area contributed by atoms with Crippen molar-refractivity contribution in [1.82, 2.24) is 5.32 Å². The number of hydrogen-bond donors (Lipinski definition) is 3. The molecular weight excluding hydrogens is 252 g/mol. The van der Waals surface area contributed by atoms with Crippen LogP contribution in [-0.4, -0.2) is 29.2 Å². The Hall–Kier alpha value is -0.610. The van der Waals surface area contributed by atoms with Gasteiger partial charge in [-0.05, 0) is 37.0 Å². The van der Waals surface area contributed by atoms with E-state index in [0.29, 0.717) is 5.92 Å². The van der Waals surface area contributed by atoms with Gasteiger partial charge in [0.15, 0.2) is 0 Å². The topological polar surface area (TPSA) is 75.4 Å². The summed E-state index contributed by atoms with van der Waals surface area (Å²) in [4.78, 5) is 12.6. The average molecular weight is 282 g/mol. The number of rotatable bonds is 2. The number of carbonyl (C=O) groups excluding carboxylic acids is 1. The number of carbonyl (C=O) groups is 1. The molecule has 2 aliphatic carbocycles. The molecule has 0 aromatic heterocycles. The molecule has 0 aromatic carbocycles. The van der Waals surface area contributed by atoms with Gasteiger partial charge in [0, 0.05) is 12.0 Å². The molecule has 116 valence electrons. The van der Waals surface area contributed by atoms with E-state index in [1.807, 2.05) is 0 Å². The second kappa shape index (κ2) is 6.02. The van der Waals surface area contributed by atoms with E-state index >= 15 is 0 Å². The monoisotopic (exact) mass is 282 g/mol. The third kappa shape index (κ3) is 3.01. The highest BCUT2D eigenvalue weighted by Gasteiger charge is 2.45. The summed E-state index contributed by atoms with van der Waals surface area (Å²) in [6.07, 6.45) is 5.25. The summed E-state index contributed by atoms with van der Waals surface area (Å²) in [5.41, 5.74) is 6.07. The molecule has 2 rings (SSSR count). The van der Waals surface area contributed by atoms with Gasteiger partial charge in [0.25, 0.3) is 0 Å². The lowest BCUT2D eigenvalue weighted by Gasteiger charge is -2.46. The van der Waals surface area contributed by atoms with Crippen molar-refractivity contribution in [3.8, 4) is 0 Å². The predicted molar refractivity (Wildman–Crippen MR) is 80.0 cm³/mol. The van der Waals surface area contributed by atoms with Crippen molar-refractivity contribution >= 4 is 5.91 Å². The summed E-state index contributed by atoms with van der Waals surface area (Å²) in [6, 6.07) is 0.132. The van der Waals surface area contributed by atoms with E-state index in [4.69, 9.17) is 5.73 Å². The molecule has 5 atom stereocenters. The third-order valence-corrected chi connectivity index (χ3v) is 5.88. The Kier molecular flexibility index (Phi) is 4.75. The van der Waals surface area contributed by atoms with E-state index in [9.17, 15) is 9.90 Å². The fraction of sp³-hybridized carbons (Fsp3) is 0.938. The van der Waals surface area contributed by atoms with Crippen molar-refractivity contribution in [3.05, 3.63) is 0 Å². The molecular formula is C16H30N2O2. The summed E-state index contributed by atoms with van der Waals surface area (Å²) in [7, 11) is 0. The van der Waals surface area contributed by atoms with Crippen molar-refractivity contribution in [2.24, 2.45) is 23.0 Å². The maximum absolute atomic E-state index is 12.6. The summed E-state index contributed by atoms with van der Waals surface area (Å²) >= 11 is 0. The third-order valence-electron chi connectivity index (χ3n) is 5.88. The molecule has 2 fully saturated rings. The van der Waals surface area contributed by atoms with E-state index < -0.39 is 0 Å². The van der Waals surface area contributed by atoms with E-state index in [1.165, 1.54) is 0 Å². The standard InChI is InChI=1S/C16H30N2O2/c1-10-12(17)9-8-11(16(10,2)3)15(20)18-13-6-4-5-7-14(13)19/h10-14,19H,4-9,17H2,1-3H3,(H,18,20)/t10?,11?,12?,13-,14-/m1/s1. The lowest BCUT2D eigenvalue weighted by molar-refractivity contribution is -0.134. The van der Waals surface area contributed by atoms with Crippen LogP contribution in [0.1, 0.15) is 59.3 Å². The first-order valence-corrected chi connectivity index (χ1v) is 8.08. The Bertz CT molecular complexity index is 356. The molecule has 4 heteroatoms. The van der Waals surface area contributed by atoms with Crippen LogP contribution in [0.5, 0.6) is 0 Å². The number of nitrogens with one attached hydrogen (secondary N) is 1. The number of aliphatic hydroxyl groups is 1. The lowest BCUT2D eigenvalue weighted by atomic mass is 9.61. The summed E-state index contributed by atoms with van der Waals surface area (Å²) in [6.45, 7) is 6.45. The van der Waals surface area contributed by atoms with E-state index in [1.54, 1.807) is 0 Å². The first kappa shape index (κ1) is 15.8. The Balaban J connectivity index is 2.01. The number of nitrogens with two attached hydrogens (primary N) is 1. The van der Waals surface area contributed by atoms with Gasteiger partial charge in [-0.2, -0.15) is 0 Å². The van der Waals surface area contributed by atoms with Gasteiger partial charge in [-0.25, -0.2) is 0 Å². The van der Waals surface area contributed by atoms with Crippen molar-refractivity contribution in [3.63, 3.8) is 0 Å². The van der Waals surface area contributed by atoms with E-state index in [0.717, 1.165) is 38.5 Å². The van der Waals surface area contributed by atoms with Gasteiger partial charge in [0.1, 0.15) is 0 Å². The summed E-state index contributed by atoms with van der Waals surface area (Å²) in [5.74, 6) is 0.453. The minimum absolute atomic E-state index is 0.00595. The van der Waals surface area contributed by atoms with Crippen LogP contribution in [-0.2, 0) is 4.79 Å². The normalized spacial score (nSPS) is 41.1. The van der Waals surface area contributed by atoms with E-state index in [2.05, 4.69) is 26.1 Å². The van der Waals surface area contributed by atoms with Crippen molar-refractivity contribution in [2.45, 2.75) is 77.5 Å². The SMILES string of the molecule is CC1C(N)CCC(C(=O)N[C@@H]2CCCC[C@H]2O)C1(C)C. The van der Waals surface area contributed by atoms with Crippen LogP contribution in [0.15, 0.2) is 0 Å². The van der Waals surface area contributed by atoms with Crippen molar-refractivity contribution in [2.75, 3.05) is 0 Å². The van der Waals surface area contributed by atoms with Crippen LogP contribution in [0.3, 0.4) is 0 Å². The summed E-state index contributed by atoms with van der Waals surface area (Å²) in [5, 5.41) is 13.1. The molecule has 20 heavy (non-hydrogen) atoms. The molecule has 2 saturated carbocycles. The highest BCUT2D eigenvalue weighted by atomic mass is 16.3. The van der Waals surface area contributed by atoms with Crippen LogP contribution >= 0.6 is 0 Å². The second-order valence-electron chi connectivity index (χ2n) is 7.37. The zero-order chi connectivity index (χ0) is 14.9. The molecule has 1 amide bonds. The Labute approximate surface area is 122 Å². The molecule has 0 bridgehead atoms. The highest BCUT2D eigenvalue weighted by Crippen LogP contribution is 2.44. The Morgan fingerprint density at radius 3 is 2.50 bits per heavy atom. The van der Waals surface area contributed by atoms with Crippen LogP contribution in [0.4, 0.5) is 0 Å². The van der Waals surface area contributed by atoms with Crippen LogP contribution < -0.4 is 11.1 Å². The molecule has 4 N–H and O–H groups in total. The molecule has 0 aliphatic heterocycles. The van der Waals surface area contributed by atoms with Gasteiger partial charge in [-0.1, -0.05) is 33.6 Å². The van der Waals surface area contributed by atoms with Crippen molar-refractivity contribution < 1.29 is 9.90 Å². The van der Waals surface area contributed by atoms with Gasteiger partial charge in [0.2, 0.25) is 5.91 Å². The fourth-order valence-electron chi connectivity index (χ4n) is 3.88. The number of aliphatic hydroxyl groups excluding tert-OH is 1. The maximum Gasteiger partial charge on any atom is 0.223 e. The second-order valence-corrected chi connectivity index (χ2v) is 7.37. The number of amides is 1. The molecule has 3 unspecified atom stereocenters. The predicted octanol–water partition coefficient (Wildman–Crippen LogP) is 1.81. The molecule has 2 aliphatic rings. The fourth-order valence-corrected chi connectivity index (χ4v) is 3.88. The summed E-state index contributed by atoms with van der Waals surface area (Å²) < 4.78 is 0. The lowest BCUT2D eigenvalue weighted by Crippen LogP contribution is -2.54. The van der Waals surface area contributed by atoms with Crippen LogP contribution in [0, 0.1) is 17.3 Å². The van der Waals surface area contributed by atoms with Crippen LogP contribution in [0.2, 0.25) is 0 Å². The van der Waals surface area contributed by atoms with Gasteiger partial charge in [-0.3, -0.25) is 4.79 Å². The minimum Gasteiger partial charge on any atom is -0.391 e. The molecule has 0 radical (unpaired) electrons. The quantitative estimate of drug-likeness (QED) is 0.723. The minimum atomic E-state index is -0.376. The molecule has 0 spiro atoms.